The molecule has 7 nitrogen and oxygen atoms in total. The summed E-state index contributed by atoms with van der Waals surface area (Å²) in [6.45, 7) is 1.52. The average molecular weight is 319 g/mol. The van der Waals surface area contributed by atoms with Crippen LogP contribution in [0, 0.1) is 0 Å². The first-order valence-electron chi connectivity index (χ1n) is 6.53. The topological polar surface area (TPSA) is 105 Å². The maximum Gasteiger partial charge on any atom is 0.257 e. The zero-order valence-electron chi connectivity index (χ0n) is 11.6. The number of aromatic nitrogens is 3. The third-order valence-electron chi connectivity index (χ3n) is 3.25. The number of thiol groups is 1. The fourth-order valence-corrected chi connectivity index (χ4v) is 2.57. The zero-order chi connectivity index (χ0) is 15.7. The van der Waals surface area contributed by atoms with Gasteiger partial charge < -0.3 is 9.97 Å². The summed E-state index contributed by atoms with van der Waals surface area (Å²) in [5, 5.41) is 0.984. The highest BCUT2D eigenvalue weighted by molar-refractivity contribution is 7.67. The maximum absolute atomic E-state index is 11.8. The van der Waals surface area contributed by atoms with Gasteiger partial charge in [-0.1, -0.05) is 0 Å². The number of fused-ring (bicyclic) bond motifs is 1. The van der Waals surface area contributed by atoms with Gasteiger partial charge in [-0.2, -0.15) is 0 Å². The lowest BCUT2D eigenvalue weighted by Crippen LogP contribution is -2.13. The Bertz CT molecular complexity index is 950. The predicted octanol–water partition coefficient (Wildman–Crippen LogP) is 1.52. The molecule has 1 aromatic carbocycles. The monoisotopic (exact) mass is 319 g/mol. The fourth-order valence-electron chi connectivity index (χ4n) is 2.21. The molecule has 1 atom stereocenters. The average Bonchev–Trinajstić information content (AvgIpc) is 2.93. The van der Waals surface area contributed by atoms with Gasteiger partial charge in [0.2, 0.25) is 0 Å². The van der Waals surface area contributed by atoms with Gasteiger partial charge in [0.1, 0.15) is 11.9 Å². The number of nitrogens with zero attached hydrogens (tertiary/aromatic N) is 1. The first kappa shape index (κ1) is 14.5. The van der Waals surface area contributed by atoms with Crippen molar-refractivity contribution in [2.45, 2.75) is 13.0 Å². The Morgan fingerprint density at radius 2 is 2.05 bits per heavy atom. The molecule has 0 amide bonds. The van der Waals surface area contributed by atoms with E-state index in [1.807, 2.05) is 30.5 Å². The minimum Gasteiger partial charge on any atom is -0.361 e. The van der Waals surface area contributed by atoms with Crippen molar-refractivity contribution in [3.05, 3.63) is 52.6 Å². The second kappa shape index (κ2) is 5.74. The summed E-state index contributed by atoms with van der Waals surface area (Å²) >= 11 is 0. The number of rotatable bonds is 4. The smallest absolute Gasteiger partial charge is 0.257 e. The molecule has 114 valence electrons. The molecular formula is C14H13N3O4S. The van der Waals surface area contributed by atoms with Gasteiger partial charge in [-0.05, 0) is 31.2 Å². The van der Waals surface area contributed by atoms with Crippen LogP contribution >= 0.6 is 0 Å². The number of hydrogen-bond acceptors (Lipinski definition) is 5. The Balaban J connectivity index is 2.06. The number of nitrogens with one attached hydrogen (secondary N) is 2. The van der Waals surface area contributed by atoms with Gasteiger partial charge in [-0.25, -0.2) is 13.4 Å². The molecule has 0 aliphatic rings. The van der Waals surface area contributed by atoms with E-state index >= 15 is 0 Å². The molecule has 2 heterocycles. The van der Waals surface area contributed by atoms with Gasteiger partial charge in [-0.3, -0.25) is 8.98 Å². The van der Waals surface area contributed by atoms with Crippen LogP contribution in [0.3, 0.4) is 0 Å². The Hall–Kier alpha value is -2.45. The van der Waals surface area contributed by atoms with Gasteiger partial charge in [0.25, 0.3) is 16.5 Å². The molecule has 2 N–H and O–H groups in total. The summed E-state index contributed by atoms with van der Waals surface area (Å²) in [6.07, 6.45) is 1.00. The highest BCUT2D eigenvalue weighted by Gasteiger charge is 2.12. The Labute approximate surface area is 127 Å². The van der Waals surface area contributed by atoms with Crippen molar-refractivity contribution < 1.29 is 12.6 Å². The first-order chi connectivity index (χ1) is 10.5. The largest absolute Gasteiger partial charge is 0.361 e. The minimum atomic E-state index is -3.01. The molecular weight excluding hydrogens is 306 g/mol. The van der Waals surface area contributed by atoms with Gasteiger partial charge in [0, 0.05) is 28.7 Å². The molecule has 3 aromatic rings. The van der Waals surface area contributed by atoms with Crippen LogP contribution in [0.2, 0.25) is 0 Å². The molecule has 0 saturated carbocycles. The molecule has 8 heteroatoms. The molecule has 0 saturated heterocycles. The summed E-state index contributed by atoms with van der Waals surface area (Å²) in [5.41, 5.74) is 1.59. The highest BCUT2D eigenvalue weighted by Crippen LogP contribution is 2.22. The molecule has 0 spiro atoms. The van der Waals surface area contributed by atoms with E-state index in [0.717, 1.165) is 16.5 Å². The van der Waals surface area contributed by atoms with E-state index < -0.39 is 17.1 Å². The zero-order valence-corrected chi connectivity index (χ0v) is 12.5. The van der Waals surface area contributed by atoms with Crippen molar-refractivity contribution in [2.75, 3.05) is 0 Å². The van der Waals surface area contributed by atoms with Crippen LogP contribution in [0.4, 0.5) is 0 Å². The normalized spacial score (nSPS) is 12.8. The van der Waals surface area contributed by atoms with Crippen molar-refractivity contribution in [2.24, 2.45) is 0 Å². The van der Waals surface area contributed by atoms with Gasteiger partial charge in [0.15, 0.2) is 0 Å². The molecule has 22 heavy (non-hydrogen) atoms. The molecule has 0 aliphatic carbocycles. The fraction of sp³-hybridized carbons (Fsp3) is 0.143. The number of H-pyrrole nitrogens is 2. The lowest BCUT2D eigenvalue weighted by molar-refractivity contribution is 0.240. The van der Waals surface area contributed by atoms with E-state index in [4.69, 9.17) is 0 Å². The van der Waals surface area contributed by atoms with Crippen LogP contribution in [0.1, 0.15) is 18.7 Å². The summed E-state index contributed by atoms with van der Waals surface area (Å²) in [5.74, 6) is 0.363. The quantitative estimate of drug-likeness (QED) is 0.632. The van der Waals surface area contributed by atoms with E-state index in [0.29, 0.717) is 5.82 Å². The van der Waals surface area contributed by atoms with Crippen LogP contribution in [-0.4, -0.2) is 23.4 Å². The summed E-state index contributed by atoms with van der Waals surface area (Å²) in [6, 6.07) is 8.72. The SMILES string of the molecule is CC(O[SH](=O)=O)c1cc(=O)[nH]c(-c2ccc3[nH]ccc3c2)n1. The van der Waals surface area contributed by atoms with Crippen molar-refractivity contribution >= 4 is 21.9 Å². The molecule has 3 rings (SSSR count). The Morgan fingerprint density at radius 1 is 1.23 bits per heavy atom. The standard InChI is InChI=1S/C14H13N3O4S/c1-8(21-22(19)20)12-7-13(18)17-14(16-12)10-2-3-11-9(6-10)4-5-15-11/h2-8,15,22H,1H3,(H,16,17,18). The molecule has 0 radical (unpaired) electrons. The Kier molecular flexibility index (Phi) is 3.78. The van der Waals surface area contributed by atoms with Crippen molar-refractivity contribution in [3.8, 4) is 11.4 Å². The van der Waals surface area contributed by atoms with E-state index in [9.17, 15) is 13.2 Å². The molecule has 2 aromatic heterocycles. The van der Waals surface area contributed by atoms with Crippen molar-refractivity contribution in [3.63, 3.8) is 0 Å². The molecule has 0 fully saturated rings. The van der Waals surface area contributed by atoms with Gasteiger partial charge >= 0.3 is 0 Å². The lowest BCUT2D eigenvalue weighted by atomic mass is 10.1. The third-order valence-corrected chi connectivity index (χ3v) is 3.74. The third kappa shape index (κ3) is 2.92. The summed E-state index contributed by atoms with van der Waals surface area (Å²) in [7, 11) is -3.01. The van der Waals surface area contributed by atoms with Crippen LogP contribution in [-0.2, 0) is 15.2 Å². The second-order valence-electron chi connectivity index (χ2n) is 4.77. The van der Waals surface area contributed by atoms with Crippen molar-refractivity contribution in [1.29, 1.82) is 0 Å². The minimum absolute atomic E-state index is 0.257. The van der Waals surface area contributed by atoms with Crippen LogP contribution in [0.25, 0.3) is 22.3 Å². The van der Waals surface area contributed by atoms with E-state index in [1.165, 1.54) is 13.0 Å². The second-order valence-corrected chi connectivity index (χ2v) is 5.43. The van der Waals surface area contributed by atoms with Crippen molar-refractivity contribution in [1.82, 2.24) is 15.0 Å². The molecule has 0 aliphatic heterocycles. The summed E-state index contributed by atoms with van der Waals surface area (Å²) < 4.78 is 25.9. The van der Waals surface area contributed by atoms with Gasteiger partial charge in [0.05, 0.1) is 5.69 Å². The van der Waals surface area contributed by atoms with Crippen LogP contribution in [0.5, 0.6) is 0 Å². The number of benzene rings is 1. The van der Waals surface area contributed by atoms with Crippen LogP contribution in [0.15, 0.2) is 41.3 Å². The summed E-state index contributed by atoms with van der Waals surface area (Å²) in [4.78, 5) is 21.8. The predicted molar refractivity (Wildman–Crippen MR) is 82.0 cm³/mol. The first-order valence-corrected chi connectivity index (χ1v) is 7.62. The Morgan fingerprint density at radius 3 is 2.82 bits per heavy atom. The van der Waals surface area contributed by atoms with Gasteiger partial charge in [-0.15, -0.1) is 0 Å². The number of hydrogen-bond donors (Lipinski definition) is 3. The van der Waals surface area contributed by atoms with E-state index in [2.05, 4.69) is 19.1 Å². The van der Waals surface area contributed by atoms with E-state index in [1.54, 1.807) is 0 Å². The number of aromatic amines is 2. The lowest BCUT2D eigenvalue weighted by Gasteiger charge is -2.09. The maximum atomic E-state index is 11.8. The van der Waals surface area contributed by atoms with E-state index in [-0.39, 0.29) is 11.3 Å². The molecule has 1 unspecified atom stereocenters. The molecule has 0 bridgehead atoms. The van der Waals surface area contributed by atoms with Crippen LogP contribution < -0.4 is 5.56 Å². The highest BCUT2D eigenvalue weighted by atomic mass is 32.2.